The molecule has 0 saturated heterocycles. The average molecular weight is 461 g/mol. The van der Waals surface area contributed by atoms with Gasteiger partial charge in [0.1, 0.15) is 11.5 Å². The van der Waals surface area contributed by atoms with Gasteiger partial charge in [0.2, 0.25) is 5.91 Å². The molecule has 164 valence electrons. The van der Waals surface area contributed by atoms with Crippen LogP contribution in [0.3, 0.4) is 0 Å². The second kappa shape index (κ2) is 10.5. The topological polar surface area (TPSA) is 82.2 Å². The molecule has 0 saturated carbocycles. The third kappa shape index (κ3) is 5.92. The highest BCUT2D eigenvalue weighted by Gasteiger charge is 2.20. The lowest BCUT2D eigenvalue weighted by Gasteiger charge is -2.17. The van der Waals surface area contributed by atoms with Crippen LogP contribution >= 0.6 is 23.4 Å². The lowest BCUT2D eigenvalue weighted by Crippen LogP contribution is -2.24. The Labute approximate surface area is 190 Å². The highest BCUT2D eigenvalue weighted by molar-refractivity contribution is 7.99. The molecule has 0 aliphatic carbocycles. The molecule has 1 unspecified atom stereocenters. The summed E-state index contributed by atoms with van der Waals surface area (Å²) in [4.78, 5) is 12.2. The second-order valence-corrected chi connectivity index (χ2v) is 8.34. The normalized spacial score (nSPS) is 11.9. The summed E-state index contributed by atoms with van der Waals surface area (Å²) in [6.07, 6.45) is 2.98. The average Bonchev–Trinajstić information content (AvgIpc) is 3.39. The number of aromatic nitrogens is 3. The van der Waals surface area contributed by atoms with E-state index in [1.807, 2.05) is 43.5 Å². The van der Waals surface area contributed by atoms with Crippen molar-refractivity contribution in [2.24, 2.45) is 0 Å². The monoisotopic (exact) mass is 460 g/mol. The number of hydrogen-bond acceptors (Lipinski definition) is 6. The van der Waals surface area contributed by atoms with Gasteiger partial charge in [-0.2, -0.15) is 0 Å². The van der Waals surface area contributed by atoms with Crippen LogP contribution in [-0.4, -0.2) is 26.4 Å². The van der Waals surface area contributed by atoms with Crippen LogP contribution in [0.1, 0.15) is 35.7 Å². The third-order valence-corrected chi connectivity index (χ3v) is 6.08. The molecule has 1 N–H and O–H groups in total. The lowest BCUT2D eigenvalue weighted by atomic mass is 10.1. The standard InChI is InChI=1S/C22H25ClN4O3S/c1-5-8-27-21(16(4)30-18-10-14(2)20(23)15(3)11-18)25-26-22(27)31-13-19(28)24-12-17-7-6-9-29-17/h5-7,9-11,16H,1,8,12-13H2,2-4H3,(H,24,28). The Bertz CT molecular complexity index is 1030. The van der Waals surface area contributed by atoms with Crippen LogP contribution < -0.4 is 10.1 Å². The van der Waals surface area contributed by atoms with Crippen molar-refractivity contribution in [2.75, 3.05) is 5.75 Å². The van der Waals surface area contributed by atoms with Gasteiger partial charge in [-0.05, 0) is 56.2 Å². The smallest absolute Gasteiger partial charge is 0.230 e. The van der Waals surface area contributed by atoms with E-state index in [2.05, 4.69) is 22.1 Å². The number of nitrogens with zero attached hydrogens (tertiary/aromatic N) is 3. The highest BCUT2D eigenvalue weighted by Crippen LogP contribution is 2.29. The van der Waals surface area contributed by atoms with Crippen LogP contribution in [0.25, 0.3) is 0 Å². The fourth-order valence-corrected chi connectivity index (χ4v) is 3.91. The van der Waals surface area contributed by atoms with Crippen molar-refractivity contribution in [1.29, 1.82) is 0 Å². The number of aryl methyl sites for hydroxylation is 2. The second-order valence-electron chi connectivity index (χ2n) is 7.02. The number of allylic oxidation sites excluding steroid dienone is 1. The molecular weight excluding hydrogens is 436 g/mol. The number of thioether (sulfide) groups is 1. The van der Waals surface area contributed by atoms with Crippen molar-refractivity contribution >= 4 is 29.3 Å². The third-order valence-electron chi connectivity index (χ3n) is 4.52. The Morgan fingerprint density at radius 3 is 2.77 bits per heavy atom. The Morgan fingerprint density at radius 1 is 1.39 bits per heavy atom. The predicted molar refractivity (Wildman–Crippen MR) is 121 cm³/mol. The van der Waals surface area contributed by atoms with Crippen LogP contribution in [0.5, 0.6) is 5.75 Å². The van der Waals surface area contributed by atoms with Gasteiger partial charge in [0.15, 0.2) is 17.1 Å². The molecular formula is C22H25ClN4O3S. The molecule has 9 heteroatoms. The van der Waals surface area contributed by atoms with E-state index in [9.17, 15) is 4.79 Å². The van der Waals surface area contributed by atoms with Crippen molar-refractivity contribution in [3.63, 3.8) is 0 Å². The molecule has 0 aliphatic rings. The fourth-order valence-electron chi connectivity index (χ4n) is 3.02. The van der Waals surface area contributed by atoms with Gasteiger partial charge in [0, 0.05) is 11.6 Å². The molecule has 0 spiro atoms. The van der Waals surface area contributed by atoms with Crippen molar-refractivity contribution in [3.05, 3.63) is 70.9 Å². The summed E-state index contributed by atoms with van der Waals surface area (Å²) in [5.74, 6) is 2.16. The van der Waals surface area contributed by atoms with E-state index in [-0.39, 0.29) is 17.8 Å². The van der Waals surface area contributed by atoms with Gasteiger partial charge < -0.3 is 14.5 Å². The van der Waals surface area contributed by atoms with Gasteiger partial charge in [-0.1, -0.05) is 29.4 Å². The van der Waals surface area contributed by atoms with E-state index in [1.165, 1.54) is 11.8 Å². The Kier molecular flexibility index (Phi) is 7.81. The molecule has 0 bridgehead atoms. The van der Waals surface area contributed by atoms with E-state index in [0.717, 1.165) is 16.1 Å². The van der Waals surface area contributed by atoms with E-state index < -0.39 is 0 Å². The van der Waals surface area contributed by atoms with E-state index in [1.54, 1.807) is 18.4 Å². The van der Waals surface area contributed by atoms with Crippen LogP contribution in [0.2, 0.25) is 5.02 Å². The van der Waals surface area contributed by atoms with Gasteiger partial charge in [-0.25, -0.2) is 0 Å². The van der Waals surface area contributed by atoms with Crippen LogP contribution in [0.15, 0.2) is 52.8 Å². The number of halogens is 1. The van der Waals surface area contributed by atoms with E-state index in [0.29, 0.717) is 35.6 Å². The molecule has 2 heterocycles. The van der Waals surface area contributed by atoms with E-state index in [4.69, 9.17) is 20.8 Å². The lowest BCUT2D eigenvalue weighted by molar-refractivity contribution is -0.118. The number of hydrogen-bond donors (Lipinski definition) is 1. The number of carbonyl (C=O) groups excluding carboxylic acids is 1. The fraction of sp³-hybridized carbons (Fsp3) is 0.318. The maximum atomic E-state index is 12.2. The zero-order valence-corrected chi connectivity index (χ0v) is 19.3. The predicted octanol–water partition coefficient (Wildman–Crippen LogP) is 4.88. The van der Waals surface area contributed by atoms with Crippen molar-refractivity contribution in [2.45, 2.75) is 45.1 Å². The van der Waals surface area contributed by atoms with Gasteiger partial charge in [0.05, 0.1) is 18.6 Å². The molecule has 1 atom stereocenters. The Morgan fingerprint density at radius 2 is 2.13 bits per heavy atom. The van der Waals surface area contributed by atoms with Gasteiger partial charge in [0.25, 0.3) is 0 Å². The first kappa shape index (κ1) is 23.0. The minimum atomic E-state index is -0.352. The minimum absolute atomic E-state index is 0.118. The zero-order valence-electron chi connectivity index (χ0n) is 17.7. The van der Waals surface area contributed by atoms with Gasteiger partial charge in [-0.3, -0.25) is 9.36 Å². The molecule has 0 radical (unpaired) electrons. The van der Waals surface area contributed by atoms with Crippen molar-refractivity contribution in [3.8, 4) is 5.75 Å². The number of carbonyl (C=O) groups is 1. The molecule has 0 fully saturated rings. The van der Waals surface area contributed by atoms with Crippen molar-refractivity contribution in [1.82, 2.24) is 20.1 Å². The van der Waals surface area contributed by atoms with Crippen LogP contribution in [-0.2, 0) is 17.9 Å². The summed E-state index contributed by atoms with van der Waals surface area (Å²) in [5, 5.41) is 12.7. The number of nitrogens with one attached hydrogen (secondary N) is 1. The summed E-state index contributed by atoms with van der Waals surface area (Å²) < 4.78 is 13.2. The number of rotatable bonds is 10. The molecule has 3 rings (SSSR count). The summed E-state index contributed by atoms with van der Waals surface area (Å²) in [6.45, 7) is 10.5. The SMILES string of the molecule is C=CCn1c(SCC(=O)NCc2ccco2)nnc1C(C)Oc1cc(C)c(Cl)c(C)c1. The summed E-state index contributed by atoms with van der Waals surface area (Å²) in [7, 11) is 0. The Balaban J connectivity index is 1.66. The van der Waals surface area contributed by atoms with Crippen LogP contribution in [0, 0.1) is 13.8 Å². The quantitative estimate of drug-likeness (QED) is 0.343. The van der Waals surface area contributed by atoms with Crippen LogP contribution in [0.4, 0.5) is 0 Å². The van der Waals surface area contributed by atoms with E-state index >= 15 is 0 Å². The summed E-state index contributed by atoms with van der Waals surface area (Å²) in [6, 6.07) is 7.40. The zero-order chi connectivity index (χ0) is 22.4. The van der Waals surface area contributed by atoms with Gasteiger partial charge in [-0.15, -0.1) is 16.8 Å². The highest BCUT2D eigenvalue weighted by atomic mass is 35.5. The molecule has 7 nitrogen and oxygen atoms in total. The number of benzene rings is 1. The number of ether oxygens (including phenoxy) is 1. The minimum Gasteiger partial charge on any atom is -0.483 e. The first-order valence-corrected chi connectivity index (χ1v) is 11.1. The maximum Gasteiger partial charge on any atom is 0.230 e. The molecule has 2 aromatic heterocycles. The number of furan rings is 1. The first-order valence-electron chi connectivity index (χ1n) is 9.78. The molecule has 1 aromatic carbocycles. The number of amides is 1. The van der Waals surface area contributed by atoms with Gasteiger partial charge >= 0.3 is 0 Å². The molecule has 3 aromatic rings. The largest absolute Gasteiger partial charge is 0.483 e. The first-order chi connectivity index (χ1) is 14.9. The molecule has 31 heavy (non-hydrogen) atoms. The Hall–Kier alpha value is -2.71. The summed E-state index contributed by atoms with van der Waals surface area (Å²) in [5.41, 5.74) is 1.90. The molecule has 1 amide bonds. The van der Waals surface area contributed by atoms with Crippen molar-refractivity contribution < 1.29 is 13.9 Å². The molecule has 0 aliphatic heterocycles. The maximum absolute atomic E-state index is 12.2. The summed E-state index contributed by atoms with van der Waals surface area (Å²) >= 11 is 7.56.